The minimum Gasteiger partial charge on any atom is -0.476 e. The lowest BCUT2D eigenvalue weighted by molar-refractivity contribution is 0.0657. The SMILES string of the molecule is COCc1c(C(=O)O)nnn1Cc1ccc(C(=O)O)o1. The van der Waals surface area contributed by atoms with Crippen molar-refractivity contribution in [3.63, 3.8) is 0 Å². The van der Waals surface area contributed by atoms with Crippen LogP contribution >= 0.6 is 0 Å². The number of hydrogen-bond acceptors (Lipinski definition) is 6. The zero-order valence-electron chi connectivity index (χ0n) is 10.4. The number of aromatic nitrogens is 3. The lowest BCUT2D eigenvalue weighted by atomic mass is 10.3. The molecule has 2 aromatic heterocycles. The van der Waals surface area contributed by atoms with Gasteiger partial charge in [-0.05, 0) is 12.1 Å². The molecule has 0 bridgehead atoms. The fraction of sp³-hybridized carbons (Fsp3) is 0.273. The average molecular weight is 281 g/mol. The predicted molar refractivity (Wildman–Crippen MR) is 62.5 cm³/mol. The van der Waals surface area contributed by atoms with Crippen molar-refractivity contribution in [2.24, 2.45) is 0 Å². The Morgan fingerprint density at radius 2 is 2.10 bits per heavy atom. The number of hydrogen-bond donors (Lipinski definition) is 2. The number of rotatable bonds is 6. The molecule has 9 heteroatoms. The highest BCUT2D eigenvalue weighted by Crippen LogP contribution is 2.13. The molecule has 2 aromatic rings. The van der Waals surface area contributed by atoms with Gasteiger partial charge in [0.15, 0.2) is 5.69 Å². The maximum atomic E-state index is 11.0. The first kappa shape index (κ1) is 13.7. The lowest BCUT2D eigenvalue weighted by Crippen LogP contribution is -2.10. The van der Waals surface area contributed by atoms with Gasteiger partial charge >= 0.3 is 11.9 Å². The van der Waals surface area contributed by atoms with E-state index in [0.717, 1.165) is 0 Å². The van der Waals surface area contributed by atoms with E-state index in [-0.39, 0.29) is 30.3 Å². The molecule has 0 unspecified atom stereocenters. The Hall–Kier alpha value is -2.68. The Morgan fingerprint density at radius 3 is 2.65 bits per heavy atom. The first-order chi connectivity index (χ1) is 9.52. The summed E-state index contributed by atoms with van der Waals surface area (Å²) in [5.74, 6) is -2.28. The van der Waals surface area contributed by atoms with E-state index >= 15 is 0 Å². The summed E-state index contributed by atoms with van der Waals surface area (Å²) in [6.45, 7) is 0.0768. The topological polar surface area (TPSA) is 128 Å². The Bertz CT molecular complexity index is 644. The number of carboxylic acid groups (broad SMARTS) is 2. The molecule has 0 atom stereocenters. The van der Waals surface area contributed by atoms with Crippen molar-refractivity contribution in [2.45, 2.75) is 13.2 Å². The molecule has 0 aromatic carbocycles. The molecule has 0 amide bonds. The Labute approximate surface area is 112 Å². The van der Waals surface area contributed by atoms with Crippen LogP contribution < -0.4 is 0 Å². The van der Waals surface area contributed by atoms with Crippen molar-refractivity contribution < 1.29 is 29.0 Å². The van der Waals surface area contributed by atoms with Crippen LogP contribution in [0.1, 0.15) is 32.5 Å². The average Bonchev–Trinajstić information content (AvgIpc) is 2.98. The number of carbonyl (C=O) groups is 2. The third-order valence-corrected chi connectivity index (χ3v) is 2.50. The van der Waals surface area contributed by atoms with Gasteiger partial charge in [-0.15, -0.1) is 5.10 Å². The Balaban J connectivity index is 2.28. The largest absolute Gasteiger partial charge is 0.476 e. The number of furan rings is 1. The van der Waals surface area contributed by atoms with E-state index in [0.29, 0.717) is 5.76 Å². The zero-order valence-corrected chi connectivity index (χ0v) is 10.4. The molecule has 0 spiro atoms. The van der Waals surface area contributed by atoms with E-state index in [1.807, 2.05) is 0 Å². The summed E-state index contributed by atoms with van der Waals surface area (Å²) in [6, 6.07) is 2.78. The second-order valence-corrected chi connectivity index (χ2v) is 3.85. The first-order valence-corrected chi connectivity index (χ1v) is 5.49. The van der Waals surface area contributed by atoms with Gasteiger partial charge in [0.1, 0.15) is 12.3 Å². The minimum absolute atomic E-state index is 0.0150. The molecule has 2 N–H and O–H groups in total. The van der Waals surface area contributed by atoms with Gasteiger partial charge in [0.2, 0.25) is 5.76 Å². The Kier molecular flexibility index (Phi) is 3.80. The van der Waals surface area contributed by atoms with Crippen LogP contribution in [-0.4, -0.2) is 44.3 Å². The maximum absolute atomic E-state index is 11.0. The number of nitrogens with zero attached hydrogens (tertiary/aromatic N) is 3. The smallest absolute Gasteiger partial charge is 0.371 e. The van der Waals surface area contributed by atoms with Crippen molar-refractivity contribution in [3.05, 3.63) is 35.0 Å². The van der Waals surface area contributed by atoms with Gasteiger partial charge in [-0.1, -0.05) is 5.21 Å². The van der Waals surface area contributed by atoms with E-state index in [2.05, 4.69) is 10.3 Å². The van der Waals surface area contributed by atoms with Gasteiger partial charge in [0.25, 0.3) is 0 Å². The van der Waals surface area contributed by atoms with Crippen LogP contribution in [0.15, 0.2) is 16.5 Å². The van der Waals surface area contributed by atoms with Crippen molar-refractivity contribution in [1.29, 1.82) is 0 Å². The molecule has 0 saturated heterocycles. The second kappa shape index (κ2) is 5.53. The third-order valence-electron chi connectivity index (χ3n) is 2.50. The van der Waals surface area contributed by atoms with Gasteiger partial charge in [-0.25, -0.2) is 14.3 Å². The van der Waals surface area contributed by atoms with Crippen LogP contribution in [0, 0.1) is 0 Å². The van der Waals surface area contributed by atoms with Gasteiger partial charge < -0.3 is 19.4 Å². The minimum atomic E-state index is -1.21. The number of ether oxygens (including phenoxy) is 1. The molecule has 9 nitrogen and oxygen atoms in total. The highest BCUT2D eigenvalue weighted by molar-refractivity contribution is 5.86. The molecule has 106 valence electrons. The normalized spacial score (nSPS) is 10.7. The van der Waals surface area contributed by atoms with E-state index in [1.54, 1.807) is 0 Å². The molecule has 0 saturated carbocycles. The summed E-state index contributed by atoms with van der Waals surface area (Å²) < 4.78 is 11.3. The first-order valence-electron chi connectivity index (χ1n) is 5.49. The van der Waals surface area contributed by atoms with Crippen molar-refractivity contribution >= 4 is 11.9 Å². The van der Waals surface area contributed by atoms with E-state index in [9.17, 15) is 9.59 Å². The van der Waals surface area contributed by atoms with Gasteiger partial charge in [0, 0.05) is 7.11 Å². The monoisotopic (exact) mass is 281 g/mol. The fourth-order valence-electron chi connectivity index (χ4n) is 1.63. The summed E-state index contributed by atoms with van der Waals surface area (Å²) in [5, 5.41) is 25.0. The molecule has 0 aliphatic heterocycles. The highest BCUT2D eigenvalue weighted by Gasteiger charge is 2.20. The summed E-state index contributed by atoms with van der Waals surface area (Å²) in [6.07, 6.45) is 0. The summed E-state index contributed by atoms with van der Waals surface area (Å²) in [7, 11) is 1.42. The van der Waals surface area contributed by atoms with Crippen molar-refractivity contribution in [1.82, 2.24) is 15.0 Å². The fourth-order valence-corrected chi connectivity index (χ4v) is 1.63. The van der Waals surface area contributed by atoms with Gasteiger partial charge in [0.05, 0.1) is 12.3 Å². The molecule has 0 radical (unpaired) electrons. The van der Waals surface area contributed by atoms with Crippen LogP contribution in [-0.2, 0) is 17.9 Å². The maximum Gasteiger partial charge on any atom is 0.371 e. The van der Waals surface area contributed by atoms with Crippen molar-refractivity contribution in [3.8, 4) is 0 Å². The number of carboxylic acids is 2. The van der Waals surface area contributed by atoms with E-state index in [4.69, 9.17) is 19.4 Å². The second-order valence-electron chi connectivity index (χ2n) is 3.85. The molecular weight excluding hydrogens is 270 g/mol. The molecule has 0 aliphatic rings. The summed E-state index contributed by atoms with van der Waals surface area (Å²) in [4.78, 5) is 21.7. The summed E-state index contributed by atoms with van der Waals surface area (Å²) in [5.41, 5.74) is 0.0603. The molecular formula is C11H11N3O6. The number of aromatic carboxylic acids is 2. The predicted octanol–water partition coefficient (Wildman–Crippen LogP) is 0.462. The zero-order chi connectivity index (χ0) is 14.7. The van der Waals surface area contributed by atoms with Gasteiger partial charge in [-0.2, -0.15) is 0 Å². The summed E-state index contributed by atoms with van der Waals surface area (Å²) >= 11 is 0. The molecule has 20 heavy (non-hydrogen) atoms. The Morgan fingerprint density at radius 1 is 1.35 bits per heavy atom. The van der Waals surface area contributed by atoms with Crippen LogP contribution in [0.3, 0.4) is 0 Å². The van der Waals surface area contributed by atoms with E-state index < -0.39 is 11.9 Å². The quantitative estimate of drug-likeness (QED) is 0.781. The van der Waals surface area contributed by atoms with Crippen molar-refractivity contribution in [2.75, 3.05) is 7.11 Å². The molecule has 2 rings (SSSR count). The lowest BCUT2D eigenvalue weighted by Gasteiger charge is -2.04. The number of methoxy groups -OCH3 is 1. The van der Waals surface area contributed by atoms with E-state index in [1.165, 1.54) is 23.9 Å². The standard InChI is InChI=1S/C11H11N3O6/c1-19-5-7-9(11(17)18)12-13-14(7)4-6-2-3-8(20-6)10(15)16/h2-3H,4-5H2,1H3,(H,15,16)(H,17,18). The van der Waals surface area contributed by atoms with Crippen LogP contribution in [0.5, 0.6) is 0 Å². The van der Waals surface area contributed by atoms with Crippen LogP contribution in [0.2, 0.25) is 0 Å². The third kappa shape index (κ3) is 2.67. The molecule has 0 fully saturated rings. The van der Waals surface area contributed by atoms with Crippen LogP contribution in [0.4, 0.5) is 0 Å². The molecule has 0 aliphatic carbocycles. The van der Waals surface area contributed by atoms with Gasteiger partial charge in [-0.3, -0.25) is 0 Å². The highest BCUT2D eigenvalue weighted by atomic mass is 16.5. The molecule has 2 heterocycles. The van der Waals surface area contributed by atoms with Crippen LogP contribution in [0.25, 0.3) is 0 Å².